The first kappa shape index (κ1) is 17.3. The molecule has 1 heterocycles. The second kappa shape index (κ2) is 6.09. The fourth-order valence-electron chi connectivity index (χ4n) is 5.59. The van der Waals surface area contributed by atoms with Gasteiger partial charge in [0.15, 0.2) is 0 Å². The Labute approximate surface area is 189 Å². The van der Waals surface area contributed by atoms with Crippen molar-refractivity contribution in [3.63, 3.8) is 0 Å². The van der Waals surface area contributed by atoms with Crippen molar-refractivity contribution in [2.24, 2.45) is 0 Å². The molecule has 0 bridgehead atoms. The quantitative estimate of drug-likeness (QED) is 0.222. The van der Waals surface area contributed by atoms with Crippen molar-refractivity contribution in [1.82, 2.24) is 0 Å². The zero-order chi connectivity index (χ0) is 20.6. The van der Waals surface area contributed by atoms with E-state index in [4.69, 9.17) is 4.74 Å². The standard InChI is InChI=1S/C29H17BrO/c30-25-13-7-12-23-28(25)20-16-18-8-1-2-9-19(18)17-24(20)29(23)21-10-3-5-14-26(21)31-27-15-6-4-11-22(27)29/h1-17H. The fraction of sp³-hybridized carbons (Fsp3) is 0.0345. The van der Waals surface area contributed by atoms with Gasteiger partial charge in [-0.05, 0) is 57.8 Å². The molecule has 0 unspecified atom stereocenters. The van der Waals surface area contributed by atoms with Gasteiger partial charge >= 0.3 is 0 Å². The molecule has 0 fully saturated rings. The second-order valence-corrected chi connectivity index (χ2v) is 9.11. The molecule has 146 valence electrons. The van der Waals surface area contributed by atoms with Crippen molar-refractivity contribution in [3.05, 3.63) is 130 Å². The zero-order valence-electron chi connectivity index (χ0n) is 16.6. The lowest BCUT2D eigenvalue weighted by Gasteiger charge is -2.39. The van der Waals surface area contributed by atoms with Gasteiger partial charge in [-0.2, -0.15) is 0 Å². The number of benzene rings is 5. The van der Waals surface area contributed by atoms with Crippen LogP contribution in [0.3, 0.4) is 0 Å². The third kappa shape index (κ3) is 2.11. The van der Waals surface area contributed by atoms with E-state index in [1.807, 2.05) is 0 Å². The molecular formula is C29H17BrO. The number of ether oxygens (including phenoxy) is 1. The normalized spacial score (nSPS) is 14.5. The average molecular weight is 461 g/mol. The van der Waals surface area contributed by atoms with E-state index in [2.05, 4.69) is 119 Å². The van der Waals surface area contributed by atoms with E-state index >= 15 is 0 Å². The molecular weight excluding hydrogens is 444 g/mol. The lowest BCUT2D eigenvalue weighted by atomic mass is 9.66. The van der Waals surface area contributed by atoms with Gasteiger partial charge in [-0.15, -0.1) is 0 Å². The highest BCUT2D eigenvalue weighted by Crippen LogP contribution is 2.63. The highest BCUT2D eigenvalue weighted by atomic mass is 79.9. The first-order chi connectivity index (χ1) is 15.3. The summed E-state index contributed by atoms with van der Waals surface area (Å²) in [6.07, 6.45) is 0. The third-order valence-corrected chi connectivity index (χ3v) is 7.44. The SMILES string of the molecule is Brc1cccc2c1-c1cc3ccccc3cc1C21c2ccccc2Oc2ccccc21. The molecule has 0 aromatic heterocycles. The molecule has 0 radical (unpaired) electrons. The van der Waals surface area contributed by atoms with E-state index in [1.165, 1.54) is 44.2 Å². The highest BCUT2D eigenvalue weighted by molar-refractivity contribution is 9.10. The van der Waals surface area contributed by atoms with E-state index in [0.717, 1.165) is 16.0 Å². The molecule has 5 aromatic rings. The summed E-state index contributed by atoms with van der Waals surface area (Å²) in [5, 5.41) is 2.51. The number of fused-ring (bicyclic) bond motifs is 10. The summed E-state index contributed by atoms with van der Waals surface area (Å²) < 4.78 is 7.53. The van der Waals surface area contributed by atoms with Crippen molar-refractivity contribution in [1.29, 1.82) is 0 Å². The van der Waals surface area contributed by atoms with Crippen molar-refractivity contribution in [2.75, 3.05) is 0 Å². The molecule has 7 rings (SSSR count). The maximum atomic E-state index is 6.40. The molecule has 0 N–H and O–H groups in total. The van der Waals surface area contributed by atoms with Crippen LogP contribution in [0.4, 0.5) is 0 Å². The van der Waals surface area contributed by atoms with Gasteiger partial charge in [0, 0.05) is 21.2 Å². The van der Waals surface area contributed by atoms with Gasteiger partial charge in [0.1, 0.15) is 11.5 Å². The Balaban J connectivity index is 1.75. The summed E-state index contributed by atoms with van der Waals surface area (Å²) in [6.45, 7) is 0. The minimum absolute atomic E-state index is 0.413. The molecule has 31 heavy (non-hydrogen) atoms. The third-order valence-electron chi connectivity index (χ3n) is 6.78. The van der Waals surface area contributed by atoms with Gasteiger partial charge < -0.3 is 4.74 Å². The second-order valence-electron chi connectivity index (χ2n) is 8.25. The summed E-state index contributed by atoms with van der Waals surface area (Å²) in [5.41, 5.74) is 7.16. The van der Waals surface area contributed by atoms with Crippen molar-refractivity contribution in [2.45, 2.75) is 5.41 Å². The van der Waals surface area contributed by atoms with E-state index < -0.39 is 5.41 Å². The Morgan fingerprint density at radius 2 is 1.13 bits per heavy atom. The molecule has 1 aliphatic carbocycles. The predicted octanol–water partition coefficient (Wildman–Crippen LogP) is 8.07. The Bertz CT molecular complexity index is 1490. The Kier molecular flexibility index (Phi) is 3.40. The molecule has 2 heteroatoms. The van der Waals surface area contributed by atoms with Gasteiger partial charge in [0.25, 0.3) is 0 Å². The lowest BCUT2D eigenvalue weighted by molar-refractivity contribution is 0.436. The van der Waals surface area contributed by atoms with Crippen LogP contribution in [-0.2, 0) is 5.41 Å². The van der Waals surface area contributed by atoms with Crippen LogP contribution in [0.5, 0.6) is 11.5 Å². The Morgan fingerprint density at radius 1 is 0.548 bits per heavy atom. The van der Waals surface area contributed by atoms with E-state index in [9.17, 15) is 0 Å². The number of rotatable bonds is 0. The Morgan fingerprint density at radius 3 is 1.84 bits per heavy atom. The summed E-state index contributed by atoms with van der Waals surface area (Å²) in [6, 6.07) is 36.9. The van der Waals surface area contributed by atoms with E-state index in [0.29, 0.717) is 0 Å². The molecule has 0 amide bonds. The van der Waals surface area contributed by atoms with Crippen LogP contribution < -0.4 is 4.74 Å². The van der Waals surface area contributed by atoms with E-state index in [1.54, 1.807) is 0 Å². The molecule has 2 aliphatic rings. The number of hydrogen-bond acceptors (Lipinski definition) is 1. The Hall–Kier alpha value is -3.36. The predicted molar refractivity (Wildman–Crippen MR) is 129 cm³/mol. The van der Waals surface area contributed by atoms with E-state index in [-0.39, 0.29) is 0 Å². The summed E-state index contributed by atoms with van der Waals surface area (Å²) in [5.74, 6) is 1.85. The van der Waals surface area contributed by atoms with Gasteiger partial charge in [-0.1, -0.05) is 88.7 Å². The van der Waals surface area contributed by atoms with Crippen LogP contribution in [-0.4, -0.2) is 0 Å². The average Bonchev–Trinajstić information content (AvgIpc) is 3.09. The minimum atomic E-state index is -0.413. The van der Waals surface area contributed by atoms with Crippen LogP contribution in [0.1, 0.15) is 22.3 Å². The summed E-state index contributed by atoms with van der Waals surface area (Å²) >= 11 is 3.88. The smallest absolute Gasteiger partial charge is 0.132 e. The zero-order valence-corrected chi connectivity index (χ0v) is 18.2. The number of hydrogen-bond donors (Lipinski definition) is 0. The van der Waals surface area contributed by atoms with Crippen LogP contribution in [0.15, 0.2) is 108 Å². The molecule has 0 saturated heterocycles. The van der Waals surface area contributed by atoms with Crippen LogP contribution in [0.25, 0.3) is 21.9 Å². The van der Waals surface area contributed by atoms with Gasteiger partial charge in [-0.25, -0.2) is 0 Å². The molecule has 1 nitrogen and oxygen atoms in total. The summed E-state index contributed by atoms with van der Waals surface area (Å²) in [7, 11) is 0. The molecule has 1 spiro atoms. The number of para-hydroxylation sites is 2. The fourth-order valence-corrected chi connectivity index (χ4v) is 6.17. The molecule has 0 saturated carbocycles. The monoisotopic (exact) mass is 460 g/mol. The van der Waals surface area contributed by atoms with Crippen LogP contribution in [0, 0.1) is 0 Å². The van der Waals surface area contributed by atoms with Crippen molar-refractivity contribution >= 4 is 26.7 Å². The number of halogens is 1. The maximum Gasteiger partial charge on any atom is 0.132 e. The van der Waals surface area contributed by atoms with Crippen LogP contribution >= 0.6 is 15.9 Å². The minimum Gasteiger partial charge on any atom is -0.457 e. The first-order valence-corrected chi connectivity index (χ1v) is 11.3. The first-order valence-electron chi connectivity index (χ1n) is 10.5. The highest BCUT2D eigenvalue weighted by Gasteiger charge is 2.51. The molecule has 5 aromatic carbocycles. The lowest BCUT2D eigenvalue weighted by Crippen LogP contribution is -2.32. The van der Waals surface area contributed by atoms with Crippen molar-refractivity contribution in [3.8, 4) is 22.6 Å². The topological polar surface area (TPSA) is 9.23 Å². The summed E-state index contributed by atoms with van der Waals surface area (Å²) in [4.78, 5) is 0. The maximum absolute atomic E-state index is 6.40. The molecule has 0 atom stereocenters. The largest absolute Gasteiger partial charge is 0.457 e. The van der Waals surface area contributed by atoms with Crippen molar-refractivity contribution < 1.29 is 4.74 Å². The molecule has 1 aliphatic heterocycles. The van der Waals surface area contributed by atoms with Crippen LogP contribution in [0.2, 0.25) is 0 Å². The van der Waals surface area contributed by atoms with Gasteiger partial charge in [0.05, 0.1) is 5.41 Å². The van der Waals surface area contributed by atoms with Gasteiger partial charge in [-0.3, -0.25) is 0 Å². The van der Waals surface area contributed by atoms with Gasteiger partial charge in [0.2, 0.25) is 0 Å².